The largest absolute Gasteiger partial charge is 0.493 e. The number of thiocarbonyl (C=S) groups is 1. The van der Waals surface area contributed by atoms with Gasteiger partial charge in [-0.3, -0.25) is 5.43 Å². The summed E-state index contributed by atoms with van der Waals surface area (Å²) < 4.78 is 11.2. The number of hydrogen-bond donors (Lipinski definition) is 2. The molecule has 0 amide bonds. The molecule has 0 bridgehead atoms. The number of hydrogen-bond acceptors (Lipinski definition) is 4. The Hall–Kier alpha value is -2.60. The van der Waals surface area contributed by atoms with Crippen molar-refractivity contribution in [2.45, 2.75) is 26.8 Å². The fourth-order valence-corrected chi connectivity index (χ4v) is 2.40. The molecule has 0 radical (unpaired) electrons. The van der Waals surface area contributed by atoms with Crippen molar-refractivity contribution in [3.8, 4) is 11.5 Å². The van der Waals surface area contributed by atoms with E-state index in [1.165, 1.54) is 0 Å². The first-order valence-corrected chi connectivity index (χ1v) is 9.41. The van der Waals surface area contributed by atoms with E-state index < -0.39 is 0 Å². The maximum absolute atomic E-state index is 5.79. The molecule has 0 aromatic heterocycles. The number of ether oxygens (including phenoxy) is 2. The van der Waals surface area contributed by atoms with E-state index in [-0.39, 0.29) is 0 Å². The number of hydrazone groups is 1. The predicted molar refractivity (Wildman–Crippen MR) is 115 cm³/mol. The van der Waals surface area contributed by atoms with Crippen LogP contribution in [-0.2, 0) is 6.54 Å². The van der Waals surface area contributed by atoms with Gasteiger partial charge in [0.1, 0.15) is 0 Å². The molecule has 0 aliphatic rings. The van der Waals surface area contributed by atoms with Gasteiger partial charge in [0, 0.05) is 6.54 Å². The van der Waals surface area contributed by atoms with Gasteiger partial charge in [0.2, 0.25) is 0 Å². The lowest BCUT2D eigenvalue weighted by atomic mass is 10.1. The monoisotopic (exact) mass is 385 g/mol. The molecule has 0 unspecified atom stereocenters. The van der Waals surface area contributed by atoms with E-state index >= 15 is 0 Å². The maximum atomic E-state index is 5.79. The summed E-state index contributed by atoms with van der Waals surface area (Å²) >= 11 is 5.23. The fraction of sp³-hybridized carbons (Fsp3) is 0.333. The Labute approximate surface area is 166 Å². The zero-order chi connectivity index (χ0) is 19.5. The van der Waals surface area contributed by atoms with Gasteiger partial charge < -0.3 is 14.8 Å². The molecule has 144 valence electrons. The third kappa shape index (κ3) is 7.66. The van der Waals surface area contributed by atoms with Crippen LogP contribution < -0.4 is 20.2 Å². The van der Waals surface area contributed by atoms with Gasteiger partial charge in [0.05, 0.1) is 19.9 Å². The summed E-state index contributed by atoms with van der Waals surface area (Å²) in [6, 6.07) is 15.8. The lowest BCUT2D eigenvalue weighted by Gasteiger charge is -2.12. The first-order chi connectivity index (χ1) is 13.1. The molecule has 0 saturated heterocycles. The van der Waals surface area contributed by atoms with E-state index in [1.54, 1.807) is 13.3 Å². The van der Waals surface area contributed by atoms with Gasteiger partial charge >= 0.3 is 0 Å². The SMILES string of the molecule is COc1cc(/C=N/NC(=S)NCc2ccccc2)ccc1OCCC(C)C. The standard InChI is InChI=1S/C21H27N3O2S/c1-16(2)11-12-26-19-10-9-18(13-20(19)25-3)15-23-24-21(27)22-14-17-7-5-4-6-8-17/h4-10,13,15-16H,11-12,14H2,1-3H3,(H2,22,24,27)/b23-15+. The molecule has 0 aliphatic heterocycles. The number of nitrogens with zero attached hydrogens (tertiary/aromatic N) is 1. The molecule has 6 heteroatoms. The molecule has 0 atom stereocenters. The van der Waals surface area contributed by atoms with E-state index in [1.807, 2.05) is 48.5 Å². The van der Waals surface area contributed by atoms with Crippen LogP contribution >= 0.6 is 12.2 Å². The van der Waals surface area contributed by atoms with Crippen LogP contribution in [0.3, 0.4) is 0 Å². The fourth-order valence-electron chi connectivity index (χ4n) is 2.27. The summed E-state index contributed by atoms with van der Waals surface area (Å²) in [6.45, 7) is 5.67. The zero-order valence-electron chi connectivity index (χ0n) is 16.1. The van der Waals surface area contributed by atoms with Crippen LogP contribution in [0.15, 0.2) is 53.6 Å². The summed E-state index contributed by atoms with van der Waals surface area (Å²) in [6.07, 6.45) is 2.70. The molecule has 2 aromatic carbocycles. The number of benzene rings is 2. The molecule has 5 nitrogen and oxygen atoms in total. The van der Waals surface area contributed by atoms with Crippen LogP contribution in [0.25, 0.3) is 0 Å². The lowest BCUT2D eigenvalue weighted by molar-refractivity contribution is 0.273. The van der Waals surface area contributed by atoms with Gasteiger partial charge in [0.25, 0.3) is 0 Å². The molecule has 0 fully saturated rings. The molecule has 27 heavy (non-hydrogen) atoms. The molecule has 0 spiro atoms. The van der Waals surface area contributed by atoms with Crippen molar-refractivity contribution >= 4 is 23.5 Å². The van der Waals surface area contributed by atoms with Crippen molar-refractivity contribution in [1.29, 1.82) is 0 Å². The first kappa shape index (κ1) is 20.7. The second kappa shape index (κ2) is 11.2. The summed E-state index contributed by atoms with van der Waals surface area (Å²) in [5.74, 6) is 2.03. The van der Waals surface area contributed by atoms with E-state index in [0.29, 0.717) is 29.9 Å². The van der Waals surface area contributed by atoms with Crippen LogP contribution in [-0.4, -0.2) is 25.0 Å². The van der Waals surface area contributed by atoms with Gasteiger partial charge in [-0.25, -0.2) is 0 Å². The van der Waals surface area contributed by atoms with Gasteiger partial charge in [-0.15, -0.1) is 0 Å². The van der Waals surface area contributed by atoms with Gasteiger partial charge in [-0.2, -0.15) is 5.10 Å². The Morgan fingerprint density at radius 2 is 1.93 bits per heavy atom. The average Bonchev–Trinajstić information content (AvgIpc) is 2.67. The zero-order valence-corrected chi connectivity index (χ0v) is 16.9. The minimum Gasteiger partial charge on any atom is -0.493 e. The highest BCUT2D eigenvalue weighted by atomic mass is 32.1. The first-order valence-electron chi connectivity index (χ1n) is 9.00. The molecule has 2 aromatic rings. The van der Waals surface area contributed by atoms with Gasteiger partial charge in [-0.05, 0) is 53.9 Å². The van der Waals surface area contributed by atoms with Crippen LogP contribution in [0.2, 0.25) is 0 Å². The topological polar surface area (TPSA) is 54.9 Å². The Morgan fingerprint density at radius 1 is 1.15 bits per heavy atom. The third-order valence-corrected chi connectivity index (χ3v) is 4.05. The Bertz CT molecular complexity index is 748. The van der Waals surface area contributed by atoms with Crippen LogP contribution in [0.4, 0.5) is 0 Å². The maximum Gasteiger partial charge on any atom is 0.187 e. The summed E-state index contributed by atoms with van der Waals surface area (Å²) in [4.78, 5) is 0. The van der Waals surface area contributed by atoms with E-state index in [4.69, 9.17) is 21.7 Å². The summed E-state index contributed by atoms with van der Waals surface area (Å²) in [5, 5.41) is 7.75. The van der Waals surface area contributed by atoms with Crippen LogP contribution in [0.5, 0.6) is 11.5 Å². The predicted octanol–water partition coefficient (Wildman–Crippen LogP) is 4.12. The Morgan fingerprint density at radius 3 is 2.63 bits per heavy atom. The second-order valence-corrected chi connectivity index (χ2v) is 6.89. The highest BCUT2D eigenvalue weighted by molar-refractivity contribution is 7.80. The molecule has 0 heterocycles. The highest BCUT2D eigenvalue weighted by Crippen LogP contribution is 2.27. The lowest BCUT2D eigenvalue weighted by Crippen LogP contribution is -2.31. The van der Waals surface area contributed by atoms with Gasteiger partial charge in [-0.1, -0.05) is 44.2 Å². The molecule has 2 N–H and O–H groups in total. The summed E-state index contributed by atoms with van der Waals surface area (Å²) in [7, 11) is 1.63. The van der Waals surface area contributed by atoms with E-state index in [2.05, 4.69) is 29.7 Å². The minimum atomic E-state index is 0.468. The van der Waals surface area contributed by atoms with Gasteiger partial charge in [0.15, 0.2) is 16.6 Å². The van der Waals surface area contributed by atoms with Crippen molar-refractivity contribution in [1.82, 2.24) is 10.7 Å². The second-order valence-electron chi connectivity index (χ2n) is 6.48. The average molecular weight is 386 g/mol. The quantitative estimate of drug-likeness (QED) is 0.386. The number of nitrogens with one attached hydrogen (secondary N) is 2. The summed E-state index contributed by atoms with van der Waals surface area (Å²) in [5.41, 5.74) is 4.86. The third-order valence-electron chi connectivity index (χ3n) is 3.82. The van der Waals surface area contributed by atoms with Crippen molar-refractivity contribution in [2.24, 2.45) is 11.0 Å². The molecular weight excluding hydrogens is 358 g/mol. The number of methoxy groups -OCH3 is 1. The molecule has 0 aliphatic carbocycles. The van der Waals surface area contributed by atoms with Crippen LogP contribution in [0.1, 0.15) is 31.4 Å². The Kier molecular flexibility index (Phi) is 8.58. The van der Waals surface area contributed by atoms with Crippen molar-refractivity contribution < 1.29 is 9.47 Å². The molecular formula is C21H27N3O2S. The smallest absolute Gasteiger partial charge is 0.187 e. The molecule has 2 rings (SSSR count). The van der Waals surface area contributed by atoms with E-state index in [0.717, 1.165) is 23.3 Å². The van der Waals surface area contributed by atoms with Crippen molar-refractivity contribution in [2.75, 3.05) is 13.7 Å². The van der Waals surface area contributed by atoms with Crippen molar-refractivity contribution in [3.05, 3.63) is 59.7 Å². The molecule has 0 saturated carbocycles. The Balaban J connectivity index is 1.83. The highest BCUT2D eigenvalue weighted by Gasteiger charge is 2.05. The van der Waals surface area contributed by atoms with Crippen LogP contribution in [0, 0.1) is 5.92 Å². The minimum absolute atomic E-state index is 0.468. The number of rotatable bonds is 9. The normalized spacial score (nSPS) is 10.8. The van der Waals surface area contributed by atoms with E-state index in [9.17, 15) is 0 Å². The van der Waals surface area contributed by atoms with Crippen molar-refractivity contribution in [3.63, 3.8) is 0 Å².